The Bertz CT molecular complexity index is 914. The quantitative estimate of drug-likeness (QED) is 0.886. The third-order valence-electron chi connectivity index (χ3n) is 5.34. The Morgan fingerprint density at radius 1 is 1.15 bits per heavy atom. The SMILES string of the molecule is CC(NC(=O)N1CCc2cc(F)ccc21)C(=O)N1c2ccccc2CC1C. The number of benzene rings is 2. The Kier molecular flexibility index (Phi) is 4.34. The molecule has 6 heteroatoms. The van der Waals surface area contributed by atoms with Crippen LogP contribution in [0.3, 0.4) is 0 Å². The monoisotopic (exact) mass is 367 g/mol. The molecule has 1 N–H and O–H groups in total. The van der Waals surface area contributed by atoms with Gasteiger partial charge in [-0.05, 0) is 62.1 Å². The highest BCUT2D eigenvalue weighted by atomic mass is 19.1. The number of fused-ring (bicyclic) bond motifs is 2. The number of nitrogens with zero attached hydrogens (tertiary/aromatic N) is 2. The maximum atomic E-state index is 13.4. The Morgan fingerprint density at radius 3 is 2.74 bits per heavy atom. The van der Waals surface area contributed by atoms with Crippen LogP contribution < -0.4 is 15.1 Å². The van der Waals surface area contributed by atoms with Gasteiger partial charge in [0.2, 0.25) is 5.91 Å². The van der Waals surface area contributed by atoms with Crippen molar-refractivity contribution >= 4 is 23.3 Å². The maximum absolute atomic E-state index is 13.4. The van der Waals surface area contributed by atoms with Gasteiger partial charge in [0.15, 0.2) is 0 Å². The lowest BCUT2D eigenvalue weighted by atomic mass is 10.1. The van der Waals surface area contributed by atoms with Gasteiger partial charge in [-0.15, -0.1) is 0 Å². The number of rotatable bonds is 2. The van der Waals surface area contributed by atoms with Crippen molar-refractivity contribution in [1.29, 1.82) is 0 Å². The lowest BCUT2D eigenvalue weighted by Gasteiger charge is -2.28. The van der Waals surface area contributed by atoms with Crippen molar-refractivity contribution < 1.29 is 14.0 Å². The number of amides is 3. The molecule has 0 aromatic heterocycles. The molecular weight excluding hydrogens is 345 g/mol. The fourth-order valence-corrected chi connectivity index (χ4v) is 4.02. The largest absolute Gasteiger partial charge is 0.326 e. The molecule has 27 heavy (non-hydrogen) atoms. The first-order chi connectivity index (χ1) is 13.0. The van der Waals surface area contributed by atoms with E-state index >= 15 is 0 Å². The Labute approximate surface area is 157 Å². The molecule has 2 heterocycles. The van der Waals surface area contributed by atoms with Crippen LogP contribution in [0.15, 0.2) is 42.5 Å². The van der Waals surface area contributed by atoms with Crippen molar-refractivity contribution in [2.45, 2.75) is 38.8 Å². The first-order valence-corrected chi connectivity index (χ1v) is 9.23. The molecule has 2 unspecified atom stereocenters. The van der Waals surface area contributed by atoms with Crippen LogP contribution >= 0.6 is 0 Å². The number of hydrogen-bond donors (Lipinski definition) is 1. The molecule has 2 atom stereocenters. The molecular formula is C21H22FN3O2. The van der Waals surface area contributed by atoms with E-state index in [2.05, 4.69) is 5.32 Å². The summed E-state index contributed by atoms with van der Waals surface area (Å²) in [6.07, 6.45) is 1.42. The molecule has 5 nitrogen and oxygen atoms in total. The van der Waals surface area contributed by atoms with E-state index in [0.29, 0.717) is 18.7 Å². The smallest absolute Gasteiger partial charge is 0.322 e. The van der Waals surface area contributed by atoms with Gasteiger partial charge in [-0.3, -0.25) is 9.69 Å². The summed E-state index contributed by atoms with van der Waals surface area (Å²) in [4.78, 5) is 29.0. The van der Waals surface area contributed by atoms with Gasteiger partial charge in [0.05, 0.1) is 0 Å². The molecule has 2 aliphatic heterocycles. The molecule has 0 bridgehead atoms. The second-order valence-corrected chi connectivity index (χ2v) is 7.24. The minimum absolute atomic E-state index is 0.0599. The molecule has 0 spiro atoms. The van der Waals surface area contributed by atoms with E-state index in [1.54, 1.807) is 22.8 Å². The molecule has 0 radical (unpaired) electrons. The number of carbonyl (C=O) groups is 2. The molecule has 4 rings (SSSR count). The van der Waals surface area contributed by atoms with Gasteiger partial charge in [-0.2, -0.15) is 0 Å². The highest BCUT2D eigenvalue weighted by molar-refractivity contribution is 6.03. The molecule has 0 fully saturated rings. The Balaban J connectivity index is 1.48. The number of hydrogen-bond acceptors (Lipinski definition) is 2. The van der Waals surface area contributed by atoms with E-state index in [1.165, 1.54) is 12.1 Å². The van der Waals surface area contributed by atoms with Crippen LogP contribution in [0.4, 0.5) is 20.6 Å². The number of urea groups is 1. The predicted octanol–water partition coefficient (Wildman–Crippen LogP) is 3.26. The van der Waals surface area contributed by atoms with Crippen LogP contribution in [-0.2, 0) is 17.6 Å². The maximum Gasteiger partial charge on any atom is 0.322 e. The third kappa shape index (κ3) is 3.05. The van der Waals surface area contributed by atoms with Crippen LogP contribution in [0.5, 0.6) is 0 Å². The summed E-state index contributed by atoms with van der Waals surface area (Å²) in [6.45, 7) is 4.20. The molecule has 0 aliphatic carbocycles. The standard InChI is InChI=1S/C21H22FN3O2/c1-13-11-15-5-3-4-6-19(15)25(13)20(26)14(2)23-21(27)24-10-9-16-12-17(22)7-8-18(16)24/h3-8,12-14H,9-11H2,1-2H3,(H,23,27). The van der Waals surface area contributed by atoms with Gasteiger partial charge >= 0.3 is 6.03 Å². The van der Waals surface area contributed by atoms with E-state index in [1.807, 2.05) is 31.2 Å². The van der Waals surface area contributed by atoms with Crippen LogP contribution in [0, 0.1) is 5.82 Å². The molecule has 2 aromatic carbocycles. The molecule has 2 aromatic rings. The van der Waals surface area contributed by atoms with Crippen LogP contribution in [0.25, 0.3) is 0 Å². The van der Waals surface area contributed by atoms with E-state index in [9.17, 15) is 14.0 Å². The van der Waals surface area contributed by atoms with Crippen molar-refractivity contribution in [2.75, 3.05) is 16.3 Å². The van der Waals surface area contributed by atoms with Crippen molar-refractivity contribution in [3.05, 3.63) is 59.4 Å². The normalized spacial score (nSPS) is 18.9. The van der Waals surface area contributed by atoms with E-state index in [0.717, 1.165) is 23.2 Å². The van der Waals surface area contributed by atoms with Gasteiger partial charge in [0.1, 0.15) is 11.9 Å². The molecule has 3 amide bonds. The lowest BCUT2D eigenvalue weighted by molar-refractivity contribution is -0.120. The van der Waals surface area contributed by atoms with Crippen LogP contribution in [0.2, 0.25) is 0 Å². The minimum Gasteiger partial charge on any atom is -0.326 e. The Hall–Kier alpha value is -2.89. The summed E-state index contributed by atoms with van der Waals surface area (Å²) in [6, 6.07) is 11.4. The van der Waals surface area contributed by atoms with Crippen molar-refractivity contribution in [3.63, 3.8) is 0 Å². The van der Waals surface area contributed by atoms with E-state index in [4.69, 9.17) is 0 Å². The summed E-state index contributed by atoms with van der Waals surface area (Å²) in [5, 5.41) is 2.81. The third-order valence-corrected chi connectivity index (χ3v) is 5.34. The summed E-state index contributed by atoms with van der Waals surface area (Å²) in [7, 11) is 0. The highest BCUT2D eigenvalue weighted by Crippen LogP contribution is 2.32. The number of anilines is 2. The Morgan fingerprint density at radius 2 is 1.93 bits per heavy atom. The number of halogens is 1. The summed E-state index contributed by atoms with van der Waals surface area (Å²) in [5.41, 5.74) is 3.57. The first kappa shape index (κ1) is 17.5. The minimum atomic E-state index is -0.657. The molecule has 0 saturated heterocycles. The molecule has 0 saturated carbocycles. The fraction of sp³-hybridized carbons (Fsp3) is 0.333. The fourth-order valence-electron chi connectivity index (χ4n) is 4.02. The lowest BCUT2D eigenvalue weighted by Crippen LogP contribution is -2.52. The second kappa shape index (κ2) is 6.68. The zero-order chi connectivity index (χ0) is 19.1. The van der Waals surface area contributed by atoms with Crippen molar-refractivity contribution in [3.8, 4) is 0 Å². The predicted molar refractivity (Wildman–Crippen MR) is 103 cm³/mol. The first-order valence-electron chi connectivity index (χ1n) is 9.23. The van der Waals surface area contributed by atoms with Gasteiger partial charge in [0, 0.05) is 24.0 Å². The van der Waals surface area contributed by atoms with Gasteiger partial charge in [0.25, 0.3) is 0 Å². The van der Waals surface area contributed by atoms with Gasteiger partial charge in [-0.25, -0.2) is 9.18 Å². The number of nitrogens with one attached hydrogen (secondary N) is 1. The van der Waals surface area contributed by atoms with Gasteiger partial charge < -0.3 is 10.2 Å². The summed E-state index contributed by atoms with van der Waals surface area (Å²) < 4.78 is 13.4. The van der Waals surface area contributed by atoms with Crippen molar-refractivity contribution in [1.82, 2.24) is 5.32 Å². The van der Waals surface area contributed by atoms with Crippen molar-refractivity contribution in [2.24, 2.45) is 0 Å². The van der Waals surface area contributed by atoms with E-state index < -0.39 is 6.04 Å². The average Bonchev–Trinajstić information content (AvgIpc) is 3.20. The number of carbonyl (C=O) groups excluding carboxylic acids is 2. The van der Waals surface area contributed by atoms with E-state index in [-0.39, 0.29) is 23.8 Å². The summed E-state index contributed by atoms with van der Waals surface area (Å²) >= 11 is 0. The molecule has 2 aliphatic rings. The topological polar surface area (TPSA) is 52.7 Å². The zero-order valence-electron chi connectivity index (χ0n) is 15.4. The number of para-hydroxylation sites is 1. The zero-order valence-corrected chi connectivity index (χ0v) is 15.4. The van der Waals surface area contributed by atoms with Gasteiger partial charge in [-0.1, -0.05) is 18.2 Å². The second-order valence-electron chi connectivity index (χ2n) is 7.24. The van der Waals surface area contributed by atoms with Crippen LogP contribution in [-0.4, -0.2) is 30.6 Å². The summed E-state index contributed by atoms with van der Waals surface area (Å²) in [5.74, 6) is -0.430. The van der Waals surface area contributed by atoms with Crippen LogP contribution in [0.1, 0.15) is 25.0 Å². The highest BCUT2D eigenvalue weighted by Gasteiger charge is 2.34. The molecule has 140 valence electrons. The average molecular weight is 367 g/mol.